The van der Waals surface area contributed by atoms with Crippen LogP contribution in [0.4, 0.5) is 5.82 Å². The number of nitrogens with zero attached hydrogens (tertiary/aromatic N) is 2. The Hall–Kier alpha value is -1.86. The molecule has 0 aliphatic carbocycles. The molecule has 0 saturated heterocycles. The maximum absolute atomic E-state index is 5.51. The number of methoxy groups -OCH3 is 2. The Labute approximate surface area is 131 Å². The van der Waals surface area contributed by atoms with E-state index in [-0.39, 0.29) is 0 Å². The van der Waals surface area contributed by atoms with Crippen LogP contribution in [0.25, 0.3) is 11.4 Å². The minimum atomic E-state index is 0.555. The fourth-order valence-corrected chi connectivity index (χ4v) is 2.42. The summed E-state index contributed by atoms with van der Waals surface area (Å²) in [7, 11) is 3.18. The van der Waals surface area contributed by atoms with E-state index in [1.807, 2.05) is 26.0 Å². The molecule has 0 amide bonds. The number of nitrogens with two attached hydrogens (primary N) is 1. The van der Waals surface area contributed by atoms with Crippen molar-refractivity contribution >= 4 is 21.7 Å². The van der Waals surface area contributed by atoms with Gasteiger partial charge in [0, 0.05) is 21.3 Å². The molecular weight excluding hydrogens is 336 g/mol. The van der Waals surface area contributed by atoms with Crippen LogP contribution in [0.1, 0.15) is 11.3 Å². The van der Waals surface area contributed by atoms with E-state index in [0.29, 0.717) is 23.1 Å². The molecule has 112 valence electrons. The molecule has 0 aliphatic heterocycles. The van der Waals surface area contributed by atoms with E-state index < -0.39 is 0 Å². The third-order valence-corrected chi connectivity index (χ3v) is 3.90. The predicted octanol–water partition coefficient (Wildman–Crippen LogP) is 2.83. The minimum Gasteiger partial charge on any atom is -0.493 e. The highest BCUT2D eigenvalue weighted by molar-refractivity contribution is 9.10. The van der Waals surface area contributed by atoms with Gasteiger partial charge < -0.3 is 14.9 Å². The number of benzene rings is 1. The summed E-state index contributed by atoms with van der Waals surface area (Å²) in [4.78, 5) is 8.95. The Kier molecular flexibility index (Phi) is 4.64. The maximum Gasteiger partial charge on any atom is 0.163 e. The first kappa shape index (κ1) is 15.5. The molecule has 0 aliphatic rings. The second-order valence-electron chi connectivity index (χ2n) is 4.44. The second kappa shape index (κ2) is 6.28. The quantitative estimate of drug-likeness (QED) is 0.650. The van der Waals surface area contributed by atoms with Gasteiger partial charge in [-0.1, -0.05) is 0 Å². The van der Waals surface area contributed by atoms with Crippen LogP contribution in [0.5, 0.6) is 11.5 Å². The molecule has 21 heavy (non-hydrogen) atoms. The Morgan fingerprint density at radius 1 is 1.10 bits per heavy atom. The van der Waals surface area contributed by atoms with Crippen molar-refractivity contribution in [2.75, 3.05) is 19.6 Å². The maximum atomic E-state index is 5.51. The lowest BCUT2D eigenvalue weighted by atomic mass is 10.1. The molecule has 2 rings (SSSR count). The lowest BCUT2D eigenvalue weighted by molar-refractivity contribution is 0.355. The molecule has 3 N–H and O–H groups in total. The topological polar surface area (TPSA) is 82.3 Å². The highest BCUT2D eigenvalue weighted by atomic mass is 79.9. The number of nitrogen functional groups attached to an aromatic ring is 1. The Bertz CT molecular complexity index is 677. The molecule has 0 unspecified atom stereocenters. The van der Waals surface area contributed by atoms with Gasteiger partial charge in [-0.2, -0.15) is 0 Å². The monoisotopic (exact) mass is 352 g/mol. The summed E-state index contributed by atoms with van der Waals surface area (Å²) in [6.07, 6.45) is 0. The largest absolute Gasteiger partial charge is 0.493 e. The Morgan fingerprint density at radius 2 is 1.71 bits per heavy atom. The molecule has 2 aromatic rings. The first-order chi connectivity index (χ1) is 10.0. The predicted molar refractivity (Wildman–Crippen MR) is 85.6 cm³/mol. The van der Waals surface area contributed by atoms with Crippen LogP contribution in [-0.4, -0.2) is 24.2 Å². The molecule has 1 heterocycles. The van der Waals surface area contributed by atoms with E-state index in [1.165, 1.54) is 0 Å². The number of ether oxygens (including phenoxy) is 2. The van der Waals surface area contributed by atoms with Gasteiger partial charge in [0.2, 0.25) is 0 Å². The SMILES string of the molecule is COc1cc(Br)c(-c2nc(C)c(C)c(NN)n2)cc1OC. The van der Waals surface area contributed by atoms with E-state index in [4.69, 9.17) is 15.3 Å². The van der Waals surface area contributed by atoms with E-state index in [1.54, 1.807) is 14.2 Å². The van der Waals surface area contributed by atoms with Crippen molar-refractivity contribution in [2.45, 2.75) is 13.8 Å². The van der Waals surface area contributed by atoms with Crippen LogP contribution in [0.3, 0.4) is 0 Å². The molecule has 0 fully saturated rings. The Balaban J connectivity index is 2.64. The molecule has 0 saturated carbocycles. The van der Waals surface area contributed by atoms with E-state index in [2.05, 4.69) is 31.3 Å². The lowest BCUT2D eigenvalue weighted by Crippen LogP contribution is -2.12. The summed E-state index contributed by atoms with van der Waals surface area (Å²) in [6, 6.07) is 3.65. The second-order valence-corrected chi connectivity index (χ2v) is 5.29. The first-order valence-corrected chi connectivity index (χ1v) is 7.04. The zero-order valence-electron chi connectivity index (χ0n) is 12.3. The zero-order valence-corrected chi connectivity index (χ0v) is 13.9. The fraction of sp³-hybridized carbons (Fsp3) is 0.286. The van der Waals surface area contributed by atoms with Gasteiger partial charge in [-0.3, -0.25) is 0 Å². The third-order valence-electron chi connectivity index (χ3n) is 3.24. The fourth-order valence-electron chi connectivity index (χ4n) is 1.92. The normalized spacial score (nSPS) is 10.4. The van der Waals surface area contributed by atoms with Gasteiger partial charge >= 0.3 is 0 Å². The van der Waals surface area contributed by atoms with Crippen LogP contribution in [0, 0.1) is 13.8 Å². The molecule has 1 aromatic carbocycles. The van der Waals surface area contributed by atoms with Gasteiger partial charge in [0.1, 0.15) is 5.82 Å². The van der Waals surface area contributed by atoms with Crippen molar-refractivity contribution < 1.29 is 9.47 Å². The summed E-state index contributed by atoms with van der Waals surface area (Å²) in [5.74, 6) is 7.90. The number of rotatable bonds is 4. The van der Waals surface area contributed by atoms with Crippen LogP contribution in [0.2, 0.25) is 0 Å². The van der Waals surface area contributed by atoms with E-state index in [9.17, 15) is 0 Å². The van der Waals surface area contributed by atoms with Crippen LogP contribution < -0.4 is 20.7 Å². The van der Waals surface area contributed by atoms with Gasteiger partial charge in [0.25, 0.3) is 0 Å². The average molecular weight is 353 g/mol. The van der Waals surface area contributed by atoms with Gasteiger partial charge in [0.05, 0.1) is 14.2 Å². The van der Waals surface area contributed by atoms with Crippen molar-refractivity contribution in [3.8, 4) is 22.9 Å². The highest BCUT2D eigenvalue weighted by Crippen LogP contribution is 2.37. The van der Waals surface area contributed by atoms with E-state index in [0.717, 1.165) is 21.3 Å². The molecule has 0 spiro atoms. The number of aryl methyl sites for hydroxylation is 1. The number of nitrogens with one attached hydrogen (secondary N) is 1. The number of hydrazine groups is 1. The van der Waals surface area contributed by atoms with Gasteiger partial charge in [0.15, 0.2) is 17.3 Å². The molecule has 6 nitrogen and oxygen atoms in total. The summed E-state index contributed by atoms with van der Waals surface area (Å²) in [5, 5.41) is 0. The summed E-state index contributed by atoms with van der Waals surface area (Å²) in [5.41, 5.74) is 5.16. The molecule has 1 aromatic heterocycles. The molecule has 0 atom stereocenters. The smallest absolute Gasteiger partial charge is 0.163 e. The van der Waals surface area contributed by atoms with Crippen molar-refractivity contribution in [2.24, 2.45) is 5.84 Å². The van der Waals surface area contributed by atoms with Crippen molar-refractivity contribution in [1.29, 1.82) is 0 Å². The first-order valence-electron chi connectivity index (χ1n) is 6.25. The van der Waals surface area contributed by atoms with Gasteiger partial charge in [-0.25, -0.2) is 15.8 Å². The van der Waals surface area contributed by atoms with Gasteiger partial charge in [-0.05, 0) is 41.9 Å². The van der Waals surface area contributed by atoms with Crippen molar-refractivity contribution in [3.05, 3.63) is 27.9 Å². The number of aromatic nitrogens is 2. The Morgan fingerprint density at radius 3 is 2.29 bits per heavy atom. The zero-order chi connectivity index (χ0) is 15.6. The number of halogens is 1. The van der Waals surface area contributed by atoms with Crippen LogP contribution in [0.15, 0.2) is 16.6 Å². The summed E-state index contributed by atoms with van der Waals surface area (Å²) >= 11 is 3.51. The molecule has 0 bridgehead atoms. The molecular formula is C14H17BrN4O2. The minimum absolute atomic E-state index is 0.555. The third kappa shape index (κ3) is 2.93. The average Bonchev–Trinajstić information content (AvgIpc) is 2.49. The summed E-state index contributed by atoms with van der Waals surface area (Å²) < 4.78 is 11.4. The van der Waals surface area contributed by atoms with Crippen LogP contribution >= 0.6 is 15.9 Å². The number of anilines is 1. The summed E-state index contributed by atoms with van der Waals surface area (Å²) in [6.45, 7) is 3.83. The molecule has 0 radical (unpaired) electrons. The number of hydrogen-bond acceptors (Lipinski definition) is 6. The van der Waals surface area contributed by atoms with Crippen LogP contribution in [-0.2, 0) is 0 Å². The van der Waals surface area contributed by atoms with Crippen molar-refractivity contribution in [1.82, 2.24) is 9.97 Å². The standard InChI is InChI=1S/C14H17BrN4O2/c1-7-8(2)17-14(18-13(7)19-16)9-5-11(20-3)12(21-4)6-10(9)15/h5-6H,16H2,1-4H3,(H,17,18,19). The van der Waals surface area contributed by atoms with E-state index >= 15 is 0 Å². The molecule has 7 heteroatoms. The van der Waals surface area contributed by atoms with Gasteiger partial charge in [-0.15, -0.1) is 0 Å². The number of hydrogen-bond donors (Lipinski definition) is 2. The van der Waals surface area contributed by atoms with Crippen molar-refractivity contribution in [3.63, 3.8) is 0 Å². The highest BCUT2D eigenvalue weighted by Gasteiger charge is 2.15. The lowest BCUT2D eigenvalue weighted by Gasteiger charge is -2.13.